The van der Waals surface area contributed by atoms with Crippen LogP contribution >= 0.6 is 11.6 Å². The van der Waals surface area contributed by atoms with Crippen molar-refractivity contribution in [3.63, 3.8) is 0 Å². The number of urea groups is 1. The lowest BCUT2D eigenvalue weighted by Crippen LogP contribution is -2.26. The normalized spacial score (nSPS) is 9.65. The van der Waals surface area contributed by atoms with Gasteiger partial charge in [0.25, 0.3) is 0 Å². The van der Waals surface area contributed by atoms with Crippen LogP contribution in [0.3, 0.4) is 0 Å². The molecule has 0 spiro atoms. The number of carbonyl (C=O) groups excluding carboxylic acids is 1. The maximum atomic E-state index is 11.5. The number of anilines is 1. The van der Waals surface area contributed by atoms with Gasteiger partial charge in [-0.3, -0.25) is 0 Å². The van der Waals surface area contributed by atoms with E-state index in [-0.39, 0.29) is 6.03 Å². The van der Waals surface area contributed by atoms with Gasteiger partial charge in [-0.05, 0) is 25.5 Å². The lowest BCUT2D eigenvalue weighted by atomic mass is 10.2. The second-order valence-electron chi connectivity index (χ2n) is 3.66. The van der Waals surface area contributed by atoms with Crippen molar-refractivity contribution in [2.75, 3.05) is 12.4 Å². The second-order valence-corrected chi connectivity index (χ2v) is 4.07. The molecule has 2 amide bonds. The van der Waals surface area contributed by atoms with Gasteiger partial charge in [-0.2, -0.15) is 0 Å². The van der Waals surface area contributed by atoms with E-state index in [4.69, 9.17) is 16.3 Å². The third-order valence-corrected chi connectivity index (χ3v) is 2.46. The number of amides is 2. The van der Waals surface area contributed by atoms with Crippen LogP contribution < -0.4 is 15.4 Å². The summed E-state index contributed by atoms with van der Waals surface area (Å²) in [6.07, 6.45) is 0. The summed E-state index contributed by atoms with van der Waals surface area (Å²) in [5, 5.41) is 5.80. The number of hydrogen-bond donors (Lipinski definition) is 2. The minimum Gasteiger partial charge on any atom is -0.495 e. The molecule has 0 aliphatic heterocycles. The molecule has 0 saturated carbocycles. The number of allylic oxidation sites excluding steroid dienone is 1. The fraction of sp³-hybridized carbons (Fsp3) is 0.250. The number of benzene rings is 1. The third-order valence-electron chi connectivity index (χ3n) is 2.06. The molecule has 5 heteroatoms. The van der Waals surface area contributed by atoms with Gasteiger partial charge in [0, 0.05) is 16.8 Å². The van der Waals surface area contributed by atoms with Crippen molar-refractivity contribution >= 4 is 23.3 Å². The molecular formula is C12H15ClN2O2. The summed E-state index contributed by atoms with van der Waals surface area (Å²) in [6, 6.07) is 3.05. The Labute approximate surface area is 106 Å². The maximum absolute atomic E-state index is 11.5. The Bertz CT molecular complexity index is 458. The number of nitrogens with one attached hydrogen (secondary N) is 2. The van der Waals surface area contributed by atoms with E-state index in [1.165, 1.54) is 7.11 Å². The van der Waals surface area contributed by atoms with Gasteiger partial charge in [-0.25, -0.2) is 4.79 Å². The van der Waals surface area contributed by atoms with Crippen LogP contribution in [0, 0.1) is 6.92 Å². The van der Waals surface area contributed by atoms with Crippen molar-refractivity contribution < 1.29 is 9.53 Å². The van der Waals surface area contributed by atoms with Gasteiger partial charge in [0.2, 0.25) is 0 Å². The molecule has 17 heavy (non-hydrogen) atoms. The molecule has 92 valence electrons. The molecule has 0 fully saturated rings. The molecule has 0 unspecified atom stereocenters. The fourth-order valence-corrected chi connectivity index (χ4v) is 1.43. The van der Waals surface area contributed by atoms with Crippen molar-refractivity contribution in [2.24, 2.45) is 0 Å². The summed E-state index contributed by atoms with van der Waals surface area (Å²) in [4.78, 5) is 11.5. The minimum absolute atomic E-state index is 0.363. The molecule has 1 aromatic carbocycles. The van der Waals surface area contributed by atoms with Gasteiger partial charge in [0.15, 0.2) is 0 Å². The summed E-state index contributed by atoms with van der Waals surface area (Å²) >= 11 is 5.96. The van der Waals surface area contributed by atoms with Crippen molar-refractivity contribution in [3.05, 3.63) is 35.0 Å². The highest BCUT2D eigenvalue weighted by Gasteiger charge is 2.09. The zero-order valence-electron chi connectivity index (χ0n) is 10.1. The van der Waals surface area contributed by atoms with Gasteiger partial charge >= 0.3 is 6.03 Å². The largest absolute Gasteiger partial charge is 0.495 e. The van der Waals surface area contributed by atoms with Crippen LogP contribution in [-0.4, -0.2) is 13.1 Å². The van der Waals surface area contributed by atoms with Gasteiger partial charge in [-0.15, -0.1) is 0 Å². The summed E-state index contributed by atoms with van der Waals surface area (Å²) in [6.45, 7) is 7.14. The first-order valence-electron chi connectivity index (χ1n) is 5.01. The second kappa shape index (κ2) is 5.59. The number of halogens is 1. The third kappa shape index (κ3) is 3.67. The van der Waals surface area contributed by atoms with Crippen LogP contribution in [0.4, 0.5) is 10.5 Å². The Kier molecular flexibility index (Phi) is 4.40. The van der Waals surface area contributed by atoms with Crippen LogP contribution in [0.15, 0.2) is 24.4 Å². The Morgan fingerprint density at radius 1 is 1.47 bits per heavy atom. The zero-order chi connectivity index (χ0) is 13.0. The Morgan fingerprint density at radius 2 is 2.12 bits per heavy atom. The first-order valence-corrected chi connectivity index (χ1v) is 5.39. The van der Waals surface area contributed by atoms with E-state index >= 15 is 0 Å². The first-order chi connectivity index (χ1) is 7.93. The number of aryl methyl sites for hydroxylation is 1. The maximum Gasteiger partial charge on any atom is 0.323 e. The van der Waals surface area contributed by atoms with E-state index in [2.05, 4.69) is 17.2 Å². The predicted octanol–water partition coefficient (Wildman–Crippen LogP) is 3.31. The summed E-state index contributed by atoms with van der Waals surface area (Å²) in [5.74, 6) is 0.512. The average molecular weight is 255 g/mol. The van der Waals surface area contributed by atoms with Crippen LogP contribution in [0.2, 0.25) is 5.02 Å². The molecule has 0 aliphatic rings. The first kappa shape index (κ1) is 13.4. The summed E-state index contributed by atoms with van der Waals surface area (Å²) in [5.41, 5.74) is 1.98. The topological polar surface area (TPSA) is 50.4 Å². The molecule has 1 rings (SSSR count). The molecule has 0 radical (unpaired) electrons. The molecular weight excluding hydrogens is 240 g/mol. The van der Waals surface area contributed by atoms with Crippen molar-refractivity contribution in [1.82, 2.24) is 5.32 Å². The molecule has 0 atom stereocenters. The number of methoxy groups -OCH3 is 1. The van der Waals surface area contributed by atoms with Gasteiger partial charge in [-0.1, -0.05) is 18.2 Å². The lowest BCUT2D eigenvalue weighted by molar-refractivity contribution is 0.254. The number of carbonyl (C=O) groups is 1. The highest BCUT2D eigenvalue weighted by atomic mass is 35.5. The van der Waals surface area contributed by atoms with Gasteiger partial charge in [0.1, 0.15) is 5.75 Å². The Balaban J connectivity index is 2.93. The highest BCUT2D eigenvalue weighted by Crippen LogP contribution is 2.30. The van der Waals surface area contributed by atoms with Crippen molar-refractivity contribution in [2.45, 2.75) is 13.8 Å². The fourth-order valence-electron chi connectivity index (χ4n) is 1.28. The summed E-state index contributed by atoms with van der Waals surface area (Å²) in [7, 11) is 1.52. The molecule has 4 nitrogen and oxygen atoms in total. The van der Waals surface area contributed by atoms with E-state index < -0.39 is 0 Å². The average Bonchev–Trinajstić information content (AvgIpc) is 2.21. The van der Waals surface area contributed by atoms with Crippen LogP contribution in [-0.2, 0) is 0 Å². The van der Waals surface area contributed by atoms with E-state index in [0.717, 1.165) is 5.56 Å². The molecule has 0 saturated heterocycles. The lowest BCUT2D eigenvalue weighted by Gasteiger charge is -2.12. The molecule has 2 N–H and O–H groups in total. The predicted molar refractivity (Wildman–Crippen MR) is 69.7 cm³/mol. The van der Waals surface area contributed by atoms with Crippen LogP contribution in [0.1, 0.15) is 12.5 Å². The number of ether oxygens (including phenoxy) is 1. The molecule has 1 aromatic rings. The molecule has 0 bridgehead atoms. The Morgan fingerprint density at radius 3 is 2.65 bits per heavy atom. The zero-order valence-corrected chi connectivity index (χ0v) is 10.8. The van der Waals surface area contributed by atoms with E-state index in [9.17, 15) is 4.79 Å². The SMILES string of the molecule is C=C(C)NC(=O)Nc1cc(C)c(Cl)cc1OC. The minimum atomic E-state index is -0.363. The molecule has 0 aromatic heterocycles. The number of rotatable bonds is 3. The smallest absolute Gasteiger partial charge is 0.323 e. The van der Waals surface area contributed by atoms with E-state index in [1.54, 1.807) is 19.1 Å². The molecule has 0 aliphatic carbocycles. The van der Waals surface area contributed by atoms with E-state index in [0.29, 0.717) is 22.2 Å². The van der Waals surface area contributed by atoms with Crippen molar-refractivity contribution in [3.8, 4) is 5.75 Å². The summed E-state index contributed by atoms with van der Waals surface area (Å²) < 4.78 is 5.14. The number of hydrogen-bond acceptors (Lipinski definition) is 2. The Hall–Kier alpha value is -1.68. The quantitative estimate of drug-likeness (QED) is 0.869. The molecule has 0 heterocycles. The van der Waals surface area contributed by atoms with E-state index in [1.807, 2.05) is 6.92 Å². The van der Waals surface area contributed by atoms with Crippen molar-refractivity contribution in [1.29, 1.82) is 0 Å². The standard InChI is InChI=1S/C12H15ClN2O2/c1-7(2)14-12(16)15-10-5-8(3)9(13)6-11(10)17-4/h5-6H,1H2,2-4H3,(H2,14,15,16). The monoisotopic (exact) mass is 254 g/mol. The van der Waals surface area contributed by atoms with Crippen LogP contribution in [0.25, 0.3) is 0 Å². The van der Waals surface area contributed by atoms with Crippen LogP contribution in [0.5, 0.6) is 5.75 Å². The van der Waals surface area contributed by atoms with Gasteiger partial charge < -0.3 is 15.4 Å². The highest BCUT2D eigenvalue weighted by molar-refractivity contribution is 6.31. The van der Waals surface area contributed by atoms with Gasteiger partial charge in [0.05, 0.1) is 12.8 Å².